The summed E-state index contributed by atoms with van der Waals surface area (Å²) in [6.07, 6.45) is 3.85. The fourth-order valence-electron chi connectivity index (χ4n) is 4.20. The largest absolute Gasteiger partial charge is 0.354 e. The lowest BCUT2D eigenvalue weighted by Gasteiger charge is -2.32. The molecule has 1 N–H and O–H groups in total. The Bertz CT molecular complexity index is 891. The van der Waals surface area contributed by atoms with Crippen LogP contribution in [0.1, 0.15) is 36.6 Å². The predicted octanol–water partition coefficient (Wildman–Crippen LogP) is 3.16. The molecule has 9 heteroatoms. The number of hydrogen-bond acceptors (Lipinski definition) is 6. The summed E-state index contributed by atoms with van der Waals surface area (Å²) in [6, 6.07) is 7.77. The van der Waals surface area contributed by atoms with Crippen molar-refractivity contribution in [3.05, 3.63) is 39.9 Å². The number of carbonyl (C=O) groups excluding carboxylic acids is 1. The fraction of sp³-hybridized carbons (Fsp3) is 0.550. The summed E-state index contributed by atoms with van der Waals surface area (Å²) in [5, 5.41) is 6.98. The van der Waals surface area contributed by atoms with Gasteiger partial charge in [-0.2, -0.15) is 4.31 Å². The van der Waals surface area contributed by atoms with Crippen molar-refractivity contribution in [1.82, 2.24) is 14.5 Å². The minimum Gasteiger partial charge on any atom is -0.354 e. The van der Waals surface area contributed by atoms with E-state index in [0.717, 1.165) is 19.5 Å². The van der Waals surface area contributed by atoms with E-state index >= 15 is 0 Å². The molecule has 0 saturated carbocycles. The van der Waals surface area contributed by atoms with E-state index in [-0.39, 0.29) is 24.4 Å². The van der Waals surface area contributed by atoms with E-state index in [1.54, 1.807) is 28.8 Å². The van der Waals surface area contributed by atoms with Crippen molar-refractivity contribution in [3.63, 3.8) is 0 Å². The smallest absolute Gasteiger partial charge is 0.252 e. The van der Waals surface area contributed by atoms with E-state index in [9.17, 15) is 13.2 Å². The Labute approximate surface area is 180 Å². The molecule has 2 aliphatic heterocycles. The van der Waals surface area contributed by atoms with Gasteiger partial charge in [-0.25, -0.2) is 8.42 Å². The molecule has 29 heavy (non-hydrogen) atoms. The second kappa shape index (κ2) is 9.26. The van der Waals surface area contributed by atoms with Gasteiger partial charge < -0.3 is 5.32 Å². The van der Waals surface area contributed by atoms with Gasteiger partial charge in [0.1, 0.15) is 4.21 Å². The van der Waals surface area contributed by atoms with Gasteiger partial charge in [-0.3, -0.25) is 9.69 Å². The van der Waals surface area contributed by atoms with Gasteiger partial charge in [0.2, 0.25) is 5.91 Å². The van der Waals surface area contributed by atoms with Crippen LogP contribution in [-0.2, 0) is 14.8 Å². The first kappa shape index (κ1) is 21.0. The molecular formula is C20H27N3O3S3. The summed E-state index contributed by atoms with van der Waals surface area (Å²) in [5.41, 5.74) is 0. The summed E-state index contributed by atoms with van der Waals surface area (Å²) in [5.74, 6) is -0.321. The normalized spacial score (nSPS) is 22.6. The summed E-state index contributed by atoms with van der Waals surface area (Å²) >= 11 is 2.95. The molecule has 4 rings (SSSR count). The van der Waals surface area contributed by atoms with Crippen LogP contribution in [0.15, 0.2) is 39.2 Å². The molecule has 158 valence electrons. The molecule has 0 unspecified atom stereocenters. The average molecular weight is 454 g/mol. The average Bonchev–Trinajstić information content (AvgIpc) is 3.51. The lowest BCUT2D eigenvalue weighted by molar-refractivity contribution is -0.126. The summed E-state index contributed by atoms with van der Waals surface area (Å²) in [4.78, 5) is 16.6. The van der Waals surface area contributed by atoms with Crippen LogP contribution in [-0.4, -0.2) is 56.3 Å². The minimum atomic E-state index is -3.50. The number of likely N-dealkylation sites (tertiary alicyclic amines) is 1. The fourth-order valence-corrected chi connectivity index (χ4v) is 7.73. The van der Waals surface area contributed by atoms with Crippen molar-refractivity contribution in [2.45, 2.75) is 35.9 Å². The molecule has 2 aliphatic rings. The van der Waals surface area contributed by atoms with E-state index < -0.39 is 10.0 Å². The maximum absolute atomic E-state index is 12.9. The molecule has 0 radical (unpaired) electrons. The topological polar surface area (TPSA) is 69.7 Å². The molecule has 2 saturated heterocycles. The number of nitrogens with one attached hydrogen (secondary N) is 1. The second-order valence-corrected chi connectivity index (χ2v) is 11.7. The molecule has 2 aromatic rings. The Morgan fingerprint density at radius 2 is 1.86 bits per heavy atom. The molecular weight excluding hydrogens is 426 g/mol. The maximum atomic E-state index is 12.9. The van der Waals surface area contributed by atoms with Gasteiger partial charge in [-0.15, -0.1) is 22.7 Å². The van der Waals surface area contributed by atoms with Gasteiger partial charge in [0.15, 0.2) is 0 Å². The zero-order valence-corrected chi connectivity index (χ0v) is 18.8. The summed E-state index contributed by atoms with van der Waals surface area (Å²) in [7, 11) is -3.50. The van der Waals surface area contributed by atoms with Crippen LogP contribution in [0.5, 0.6) is 0 Å². The van der Waals surface area contributed by atoms with Crippen molar-refractivity contribution < 1.29 is 13.2 Å². The molecule has 4 heterocycles. The lowest BCUT2D eigenvalue weighted by Crippen LogP contribution is -2.46. The number of amides is 1. The van der Waals surface area contributed by atoms with Crippen molar-refractivity contribution in [2.75, 3.05) is 32.7 Å². The monoisotopic (exact) mass is 453 g/mol. The molecule has 0 spiro atoms. The van der Waals surface area contributed by atoms with Crippen molar-refractivity contribution in [1.29, 1.82) is 0 Å². The Morgan fingerprint density at radius 1 is 1.10 bits per heavy atom. The van der Waals surface area contributed by atoms with Crippen LogP contribution in [0, 0.1) is 5.92 Å². The zero-order chi connectivity index (χ0) is 20.3. The maximum Gasteiger partial charge on any atom is 0.252 e. The number of sulfonamides is 1. The van der Waals surface area contributed by atoms with Gasteiger partial charge in [0.05, 0.1) is 12.0 Å². The number of nitrogens with zero attached hydrogens (tertiary/aromatic N) is 2. The van der Waals surface area contributed by atoms with Gasteiger partial charge in [0.25, 0.3) is 10.0 Å². The third-order valence-corrected chi connectivity index (χ3v) is 9.98. The highest BCUT2D eigenvalue weighted by Gasteiger charge is 2.34. The Morgan fingerprint density at radius 3 is 2.55 bits per heavy atom. The Balaban J connectivity index is 1.39. The highest BCUT2D eigenvalue weighted by Crippen LogP contribution is 2.29. The molecule has 2 fully saturated rings. The predicted molar refractivity (Wildman–Crippen MR) is 117 cm³/mol. The Hall–Kier alpha value is -1.26. The number of rotatable bonds is 7. The quantitative estimate of drug-likeness (QED) is 0.699. The highest BCUT2D eigenvalue weighted by molar-refractivity contribution is 7.91. The second-order valence-electron chi connectivity index (χ2n) is 7.65. The van der Waals surface area contributed by atoms with E-state index in [4.69, 9.17) is 0 Å². The first-order valence-corrected chi connectivity index (χ1v) is 13.3. The zero-order valence-electron chi connectivity index (χ0n) is 16.3. The van der Waals surface area contributed by atoms with Crippen LogP contribution < -0.4 is 5.32 Å². The van der Waals surface area contributed by atoms with E-state index in [1.807, 2.05) is 0 Å². The number of carbonyl (C=O) groups is 1. The summed E-state index contributed by atoms with van der Waals surface area (Å²) < 4.78 is 27.5. The SMILES string of the molecule is O=C(NC[C@H](c1cccs1)N1CCCC1)[C@H]1CCCN(S(=O)(=O)c2cccs2)C1. The molecule has 0 bridgehead atoms. The van der Waals surface area contributed by atoms with Crippen molar-refractivity contribution in [3.8, 4) is 0 Å². The standard InChI is InChI=1S/C20H27N3O3S3/c24-20(21-14-17(18-7-4-12-27-18)22-9-1-2-10-22)16-6-3-11-23(15-16)29(25,26)19-8-5-13-28-19/h4-5,7-8,12-13,16-17H,1-3,6,9-11,14-15H2,(H,21,24)/t16-,17+/m0/s1. The first-order valence-electron chi connectivity index (χ1n) is 10.1. The molecule has 2 atom stereocenters. The Kier molecular flexibility index (Phi) is 6.70. The van der Waals surface area contributed by atoms with Crippen LogP contribution >= 0.6 is 22.7 Å². The van der Waals surface area contributed by atoms with Crippen LogP contribution in [0.2, 0.25) is 0 Å². The van der Waals surface area contributed by atoms with E-state index in [0.29, 0.717) is 23.7 Å². The van der Waals surface area contributed by atoms with E-state index in [1.165, 1.54) is 33.4 Å². The molecule has 1 amide bonds. The number of hydrogen-bond donors (Lipinski definition) is 1. The summed E-state index contributed by atoms with van der Waals surface area (Å²) in [6.45, 7) is 3.45. The van der Waals surface area contributed by atoms with Crippen LogP contribution in [0.3, 0.4) is 0 Å². The first-order chi connectivity index (χ1) is 14.1. The van der Waals surface area contributed by atoms with Gasteiger partial charge in [-0.1, -0.05) is 12.1 Å². The highest BCUT2D eigenvalue weighted by atomic mass is 32.2. The molecule has 2 aromatic heterocycles. The minimum absolute atomic E-state index is 0.0307. The number of piperidine rings is 1. The van der Waals surface area contributed by atoms with Crippen LogP contribution in [0.4, 0.5) is 0 Å². The molecule has 0 aliphatic carbocycles. The van der Waals surface area contributed by atoms with Crippen molar-refractivity contribution in [2.24, 2.45) is 5.92 Å². The third-order valence-electron chi connectivity index (χ3n) is 5.77. The van der Waals surface area contributed by atoms with Gasteiger partial charge >= 0.3 is 0 Å². The van der Waals surface area contributed by atoms with Crippen molar-refractivity contribution >= 4 is 38.6 Å². The van der Waals surface area contributed by atoms with Crippen LogP contribution in [0.25, 0.3) is 0 Å². The van der Waals surface area contributed by atoms with Gasteiger partial charge in [0, 0.05) is 24.5 Å². The van der Waals surface area contributed by atoms with E-state index in [2.05, 4.69) is 27.7 Å². The molecule has 6 nitrogen and oxygen atoms in total. The van der Waals surface area contributed by atoms with Gasteiger partial charge in [-0.05, 0) is 61.7 Å². The lowest BCUT2D eigenvalue weighted by atomic mass is 9.98. The molecule has 0 aromatic carbocycles. The number of thiophene rings is 2. The third kappa shape index (κ3) is 4.74.